The molecule has 0 aromatic carbocycles. The van der Waals surface area contributed by atoms with E-state index in [1.807, 2.05) is 0 Å². The maximum Gasteiger partial charge on any atom is 0.451 e. The SMILES string of the molecule is CCOC(=O)c1cc(CN(C)C)nc(C(F)(F)F)n1. The third-order valence-corrected chi connectivity index (χ3v) is 2.00. The molecule has 0 atom stereocenters. The third kappa shape index (κ3) is 4.47. The van der Waals surface area contributed by atoms with Gasteiger partial charge < -0.3 is 9.64 Å². The highest BCUT2D eigenvalue weighted by Gasteiger charge is 2.36. The number of carbonyl (C=O) groups excluding carboxylic acids is 1. The van der Waals surface area contributed by atoms with Crippen molar-refractivity contribution in [2.75, 3.05) is 20.7 Å². The van der Waals surface area contributed by atoms with Crippen molar-refractivity contribution in [1.82, 2.24) is 14.9 Å². The summed E-state index contributed by atoms with van der Waals surface area (Å²) in [7, 11) is 3.36. The minimum atomic E-state index is -4.70. The van der Waals surface area contributed by atoms with Crippen LogP contribution in [-0.4, -0.2) is 41.5 Å². The summed E-state index contributed by atoms with van der Waals surface area (Å²) in [5.41, 5.74) is -0.281. The first-order chi connectivity index (χ1) is 8.74. The fourth-order valence-electron chi connectivity index (χ4n) is 1.34. The largest absolute Gasteiger partial charge is 0.461 e. The van der Waals surface area contributed by atoms with Crippen LogP contribution < -0.4 is 0 Å². The van der Waals surface area contributed by atoms with Crippen LogP contribution in [0.5, 0.6) is 0 Å². The van der Waals surface area contributed by atoms with Crippen molar-refractivity contribution in [1.29, 1.82) is 0 Å². The van der Waals surface area contributed by atoms with Crippen LogP contribution in [0, 0.1) is 0 Å². The number of alkyl halides is 3. The zero-order valence-electron chi connectivity index (χ0n) is 10.8. The Morgan fingerprint density at radius 3 is 2.47 bits per heavy atom. The van der Waals surface area contributed by atoms with Gasteiger partial charge in [0.25, 0.3) is 0 Å². The van der Waals surface area contributed by atoms with E-state index in [2.05, 4.69) is 14.7 Å². The normalized spacial score (nSPS) is 11.7. The molecule has 1 aromatic rings. The van der Waals surface area contributed by atoms with Gasteiger partial charge in [-0.15, -0.1) is 0 Å². The Morgan fingerprint density at radius 2 is 2.00 bits per heavy atom. The topological polar surface area (TPSA) is 55.3 Å². The molecule has 0 amide bonds. The van der Waals surface area contributed by atoms with Crippen molar-refractivity contribution < 1.29 is 22.7 Å². The van der Waals surface area contributed by atoms with E-state index < -0.39 is 18.0 Å². The fraction of sp³-hybridized carbons (Fsp3) is 0.545. The van der Waals surface area contributed by atoms with Crippen LogP contribution in [0.15, 0.2) is 6.07 Å². The number of rotatable bonds is 4. The third-order valence-electron chi connectivity index (χ3n) is 2.00. The van der Waals surface area contributed by atoms with E-state index in [9.17, 15) is 18.0 Å². The molecule has 0 spiro atoms. The van der Waals surface area contributed by atoms with Crippen LogP contribution in [0.25, 0.3) is 0 Å². The molecule has 0 saturated heterocycles. The first-order valence-corrected chi connectivity index (χ1v) is 5.51. The second-order valence-corrected chi connectivity index (χ2v) is 4.02. The van der Waals surface area contributed by atoms with Gasteiger partial charge in [0.2, 0.25) is 5.82 Å². The lowest BCUT2D eigenvalue weighted by atomic mass is 10.3. The zero-order valence-corrected chi connectivity index (χ0v) is 10.8. The molecule has 0 saturated carbocycles. The summed E-state index contributed by atoms with van der Waals surface area (Å²) in [5, 5.41) is 0. The predicted molar refractivity (Wildman–Crippen MR) is 60.4 cm³/mol. The van der Waals surface area contributed by atoms with E-state index in [1.54, 1.807) is 25.9 Å². The highest BCUT2D eigenvalue weighted by atomic mass is 19.4. The van der Waals surface area contributed by atoms with E-state index in [0.717, 1.165) is 0 Å². The number of aromatic nitrogens is 2. The number of ether oxygens (including phenoxy) is 1. The highest BCUT2D eigenvalue weighted by Crippen LogP contribution is 2.26. The molecule has 0 fully saturated rings. The number of hydrogen-bond donors (Lipinski definition) is 0. The zero-order chi connectivity index (χ0) is 14.6. The van der Waals surface area contributed by atoms with Crippen LogP contribution in [0.3, 0.4) is 0 Å². The first kappa shape index (κ1) is 15.4. The van der Waals surface area contributed by atoms with E-state index >= 15 is 0 Å². The minimum Gasteiger partial charge on any atom is -0.461 e. The lowest BCUT2D eigenvalue weighted by Gasteiger charge is -2.12. The molecule has 1 aromatic heterocycles. The van der Waals surface area contributed by atoms with Gasteiger partial charge in [0, 0.05) is 6.54 Å². The van der Waals surface area contributed by atoms with Crippen LogP contribution in [0.4, 0.5) is 13.2 Å². The van der Waals surface area contributed by atoms with Crippen LogP contribution in [0.2, 0.25) is 0 Å². The quantitative estimate of drug-likeness (QED) is 0.784. The second-order valence-electron chi connectivity index (χ2n) is 4.02. The average molecular weight is 277 g/mol. The Balaban J connectivity index is 3.20. The van der Waals surface area contributed by atoms with Crippen molar-refractivity contribution >= 4 is 5.97 Å². The van der Waals surface area contributed by atoms with Crippen LogP contribution in [-0.2, 0) is 17.5 Å². The first-order valence-electron chi connectivity index (χ1n) is 5.51. The molecule has 1 rings (SSSR count). The fourth-order valence-corrected chi connectivity index (χ4v) is 1.34. The number of carbonyl (C=O) groups is 1. The Kier molecular flexibility index (Phi) is 4.82. The molecule has 106 valence electrons. The molecule has 0 aliphatic carbocycles. The number of esters is 1. The van der Waals surface area contributed by atoms with Crippen molar-refractivity contribution in [2.24, 2.45) is 0 Å². The minimum absolute atomic E-state index is 0.0627. The maximum atomic E-state index is 12.6. The standard InChI is InChI=1S/C11H14F3N3O2/c1-4-19-9(18)8-5-7(6-17(2)3)15-10(16-8)11(12,13)14/h5H,4,6H2,1-3H3. The molecule has 0 unspecified atom stereocenters. The summed E-state index contributed by atoms with van der Waals surface area (Å²) in [5.74, 6) is -2.23. The van der Waals surface area contributed by atoms with E-state index in [-0.39, 0.29) is 24.5 Å². The van der Waals surface area contributed by atoms with Gasteiger partial charge in [0.1, 0.15) is 0 Å². The van der Waals surface area contributed by atoms with Gasteiger partial charge >= 0.3 is 12.1 Å². The Morgan fingerprint density at radius 1 is 1.37 bits per heavy atom. The molecule has 0 radical (unpaired) electrons. The molecule has 5 nitrogen and oxygen atoms in total. The molecule has 0 aliphatic rings. The summed E-state index contributed by atoms with van der Waals surface area (Å²) < 4.78 is 42.6. The van der Waals surface area contributed by atoms with Crippen LogP contribution >= 0.6 is 0 Å². The van der Waals surface area contributed by atoms with Gasteiger partial charge in [-0.25, -0.2) is 14.8 Å². The van der Waals surface area contributed by atoms with Crippen molar-refractivity contribution in [2.45, 2.75) is 19.6 Å². The number of halogens is 3. The molecule has 8 heteroatoms. The van der Waals surface area contributed by atoms with Gasteiger partial charge in [-0.2, -0.15) is 13.2 Å². The molecule has 0 aliphatic heterocycles. The molecule has 0 N–H and O–H groups in total. The van der Waals surface area contributed by atoms with Crippen LogP contribution in [0.1, 0.15) is 28.9 Å². The Hall–Kier alpha value is -1.70. The smallest absolute Gasteiger partial charge is 0.451 e. The summed E-state index contributed by atoms with van der Waals surface area (Å²) in [6.45, 7) is 1.79. The van der Waals surface area contributed by atoms with Gasteiger partial charge in [0.15, 0.2) is 5.69 Å². The monoisotopic (exact) mass is 277 g/mol. The van der Waals surface area contributed by atoms with Crippen molar-refractivity contribution in [3.05, 3.63) is 23.3 Å². The van der Waals surface area contributed by atoms with E-state index in [1.165, 1.54) is 6.07 Å². The molecule has 19 heavy (non-hydrogen) atoms. The Labute approximate surface area is 108 Å². The lowest BCUT2D eigenvalue weighted by Crippen LogP contribution is -2.20. The van der Waals surface area contributed by atoms with Gasteiger partial charge in [-0.3, -0.25) is 0 Å². The highest BCUT2D eigenvalue weighted by molar-refractivity contribution is 5.87. The number of hydrogen-bond acceptors (Lipinski definition) is 5. The van der Waals surface area contributed by atoms with E-state index in [0.29, 0.717) is 0 Å². The summed E-state index contributed by atoms with van der Waals surface area (Å²) in [6, 6.07) is 1.20. The molecular weight excluding hydrogens is 263 g/mol. The molecule has 1 heterocycles. The average Bonchev–Trinajstić information content (AvgIpc) is 2.26. The molecule has 0 bridgehead atoms. The van der Waals surface area contributed by atoms with E-state index in [4.69, 9.17) is 0 Å². The summed E-state index contributed by atoms with van der Waals surface area (Å²) in [4.78, 5) is 19.7. The predicted octanol–water partition coefficient (Wildman–Crippen LogP) is 1.73. The second kappa shape index (κ2) is 5.96. The van der Waals surface area contributed by atoms with Gasteiger partial charge in [-0.05, 0) is 27.1 Å². The molecular formula is C11H14F3N3O2. The Bertz CT molecular complexity index is 461. The number of nitrogens with zero attached hydrogens (tertiary/aromatic N) is 3. The van der Waals surface area contributed by atoms with Gasteiger partial charge in [0.05, 0.1) is 12.3 Å². The lowest BCUT2D eigenvalue weighted by molar-refractivity contribution is -0.145. The van der Waals surface area contributed by atoms with Gasteiger partial charge in [-0.1, -0.05) is 0 Å². The van der Waals surface area contributed by atoms with Crippen molar-refractivity contribution in [3.63, 3.8) is 0 Å². The summed E-state index contributed by atoms with van der Waals surface area (Å²) in [6.07, 6.45) is -4.70. The summed E-state index contributed by atoms with van der Waals surface area (Å²) >= 11 is 0. The van der Waals surface area contributed by atoms with Crippen molar-refractivity contribution in [3.8, 4) is 0 Å². The maximum absolute atomic E-state index is 12.6.